The lowest BCUT2D eigenvalue weighted by atomic mass is 9.93. The maximum Gasteiger partial charge on any atom is 0.273 e. The summed E-state index contributed by atoms with van der Waals surface area (Å²) in [6.45, 7) is 3.44. The molecule has 0 radical (unpaired) electrons. The van der Waals surface area contributed by atoms with Gasteiger partial charge in [0, 0.05) is 37.4 Å². The van der Waals surface area contributed by atoms with Crippen LogP contribution >= 0.6 is 11.3 Å². The van der Waals surface area contributed by atoms with E-state index in [0.717, 1.165) is 41.8 Å². The van der Waals surface area contributed by atoms with Crippen LogP contribution in [0.2, 0.25) is 0 Å². The summed E-state index contributed by atoms with van der Waals surface area (Å²) in [4.78, 5) is 76.1. The van der Waals surface area contributed by atoms with Gasteiger partial charge in [-0.1, -0.05) is 49.4 Å². The van der Waals surface area contributed by atoms with Gasteiger partial charge in [0.25, 0.3) is 11.8 Å². The molecule has 14 heteroatoms. The number of fused-ring (bicyclic) bond motifs is 4. The molecule has 5 atom stereocenters. The fourth-order valence-corrected chi connectivity index (χ4v) is 7.61. The standard InChI is InChI=1S/C38H46N6O7S/c1-3-8-34-40-31(22-52-34)37(49)44-18-28-26-11-7-12-27(16-26)51-21-33(47)42-35(23(2)45)38(50)43(17-25-13-14-25)20-32(46)39-29(36(48)41-30(28)19-44)15-24-9-5-4-6-10-24/h4-7,9-12,16,22-23,25,28-30,35,45H,3,8,13-15,17-21H2,1-2H3,(H,39,46)(H,41,48)(H,42,47)/t23-,28-,29+,30+,35+/m1/s1. The van der Waals surface area contributed by atoms with Crippen molar-refractivity contribution in [3.05, 3.63) is 81.8 Å². The van der Waals surface area contributed by atoms with E-state index in [9.17, 15) is 29.1 Å². The Balaban J connectivity index is 1.33. The van der Waals surface area contributed by atoms with Crippen LogP contribution in [0.1, 0.15) is 65.7 Å². The van der Waals surface area contributed by atoms with E-state index in [1.165, 1.54) is 23.2 Å². The Morgan fingerprint density at radius 2 is 1.81 bits per heavy atom. The topological polar surface area (TPSA) is 170 Å². The number of aryl methyl sites for hydroxylation is 1. The van der Waals surface area contributed by atoms with Gasteiger partial charge in [-0.05, 0) is 61.8 Å². The summed E-state index contributed by atoms with van der Waals surface area (Å²) in [5.41, 5.74) is 1.97. The molecule has 1 saturated heterocycles. The molecule has 13 nitrogen and oxygen atoms in total. The summed E-state index contributed by atoms with van der Waals surface area (Å²) >= 11 is 1.45. The van der Waals surface area contributed by atoms with Gasteiger partial charge in [0.05, 0.1) is 23.7 Å². The summed E-state index contributed by atoms with van der Waals surface area (Å²) in [7, 11) is 0. The molecule has 4 N–H and O–H groups in total. The maximum atomic E-state index is 14.2. The molecule has 0 spiro atoms. The summed E-state index contributed by atoms with van der Waals surface area (Å²) in [5, 5.41) is 21.8. The second-order valence-corrected chi connectivity index (χ2v) is 14.9. The quantitative estimate of drug-likeness (QED) is 0.273. The molecule has 1 aromatic heterocycles. The van der Waals surface area contributed by atoms with Gasteiger partial charge in [-0.25, -0.2) is 4.98 Å². The van der Waals surface area contributed by atoms with E-state index in [4.69, 9.17) is 4.74 Å². The highest BCUT2D eigenvalue weighted by Crippen LogP contribution is 2.32. The Hall–Kier alpha value is -4.82. The van der Waals surface area contributed by atoms with Gasteiger partial charge in [-0.2, -0.15) is 0 Å². The van der Waals surface area contributed by atoms with E-state index in [1.807, 2.05) is 36.4 Å². The van der Waals surface area contributed by atoms with Crippen LogP contribution in [0, 0.1) is 5.92 Å². The normalized spacial score (nSPS) is 23.8. The Morgan fingerprint density at radius 1 is 1.02 bits per heavy atom. The largest absolute Gasteiger partial charge is 0.484 e. The van der Waals surface area contributed by atoms with Crippen LogP contribution in [0.15, 0.2) is 60.0 Å². The lowest BCUT2D eigenvalue weighted by Crippen LogP contribution is -2.58. The highest BCUT2D eigenvalue weighted by Gasteiger charge is 2.40. The van der Waals surface area contributed by atoms with Crippen molar-refractivity contribution in [1.82, 2.24) is 30.7 Å². The number of aliphatic hydroxyl groups is 1. The Bertz CT molecular complexity index is 1760. The highest BCUT2D eigenvalue weighted by molar-refractivity contribution is 7.09. The second kappa shape index (κ2) is 16.7. The fourth-order valence-electron chi connectivity index (χ4n) is 6.74. The average Bonchev–Trinajstić information content (AvgIpc) is 3.65. The fraction of sp³-hybridized carbons (Fsp3) is 0.474. The molecule has 2 bridgehead atoms. The molecule has 3 aliphatic rings. The molecule has 276 valence electrons. The van der Waals surface area contributed by atoms with E-state index < -0.39 is 54.5 Å². The van der Waals surface area contributed by atoms with E-state index in [1.54, 1.807) is 28.5 Å². The molecule has 5 amide bonds. The summed E-state index contributed by atoms with van der Waals surface area (Å²) in [6.07, 6.45) is 2.42. The van der Waals surface area contributed by atoms with Crippen molar-refractivity contribution < 1.29 is 33.8 Å². The van der Waals surface area contributed by atoms with Gasteiger partial charge in [0.15, 0.2) is 6.61 Å². The van der Waals surface area contributed by atoms with Crippen molar-refractivity contribution in [1.29, 1.82) is 0 Å². The molecule has 0 unspecified atom stereocenters. The number of carbonyl (C=O) groups excluding carboxylic acids is 5. The van der Waals surface area contributed by atoms with Crippen molar-refractivity contribution in [2.75, 3.05) is 32.8 Å². The molecule has 3 aromatic rings. The van der Waals surface area contributed by atoms with Crippen molar-refractivity contribution in [2.45, 2.75) is 76.1 Å². The van der Waals surface area contributed by atoms with Crippen molar-refractivity contribution in [3.63, 3.8) is 0 Å². The van der Waals surface area contributed by atoms with E-state index >= 15 is 0 Å². The predicted octanol–water partition coefficient (Wildman–Crippen LogP) is 2.04. The number of rotatable bonds is 8. The number of benzene rings is 2. The Morgan fingerprint density at radius 3 is 2.54 bits per heavy atom. The highest BCUT2D eigenvalue weighted by atomic mass is 32.1. The van der Waals surface area contributed by atoms with Gasteiger partial charge < -0.3 is 35.6 Å². The number of nitrogens with one attached hydrogen (secondary N) is 3. The zero-order valence-corrected chi connectivity index (χ0v) is 30.3. The summed E-state index contributed by atoms with van der Waals surface area (Å²) in [5.74, 6) is -2.19. The van der Waals surface area contributed by atoms with Crippen LogP contribution in [-0.4, -0.2) is 106 Å². The minimum absolute atomic E-state index is 0.184. The molecular weight excluding hydrogens is 685 g/mol. The van der Waals surface area contributed by atoms with Crippen molar-refractivity contribution >= 4 is 40.9 Å². The first-order valence-corrected chi connectivity index (χ1v) is 18.8. The minimum atomic E-state index is -1.31. The number of nitrogens with zero attached hydrogens (tertiary/aromatic N) is 3. The smallest absolute Gasteiger partial charge is 0.273 e. The van der Waals surface area contributed by atoms with Gasteiger partial charge in [0.1, 0.15) is 23.5 Å². The average molecular weight is 731 g/mol. The number of likely N-dealkylation sites (tertiary alicyclic amines) is 1. The number of hydrogen-bond acceptors (Lipinski definition) is 9. The molecule has 1 aliphatic carbocycles. The first-order valence-electron chi connectivity index (χ1n) is 17.9. The number of aliphatic hydroxyl groups excluding tert-OH is 1. The first kappa shape index (κ1) is 37.0. The zero-order chi connectivity index (χ0) is 36.8. The van der Waals surface area contributed by atoms with Crippen LogP contribution in [-0.2, 0) is 32.0 Å². The van der Waals surface area contributed by atoms with Crippen molar-refractivity contribution in [3.8, 4) is 5.75 Å². The van der Waals surface area contributed by atoms with Gasteiger partial charge in [-0.15, -0.1) is 11.3 Å². The van der Waals surface area contributed by atoms with Crippen LogP contribution in [0.3, 0.4) is 0 Å². The molecular formula is C38H46N6O7S. The maximum absolute atomic E-state index is 14.2. The van der Waals surface area contributed by atoms with Gasteiger partial charge >= 0.3 is 0 Å². The van der Waals surface area contributed by atoms with E-state index in [0.29, 0.717) is 18.0 Å². The third-order valence-corrected chi connectivity index (χ3v) is 10.6. The predicted molar refractivity (Wildman–Crippen MR) is 194 cm³/mol. The molecule has 3 heterocycles. The van der Waals surface area contributed by atoms with Crippen LogP contribution in [0.5, 0.6) is 5.75 Å². The van der Waals surface area contributed by atoms with E-state index in [2.05, 4.69) is 27.9 Å². The third kappa shape index (κ3) is 9.34. The summed E-state index contributed by atoms with van der Waals surface area (Å²) < 4.78 is 5.85. The van der Waals surface area contributed by atoms with Crippen LogP contribution in [0.4, 0.5) is 0 Å². The lowest BCUT2D eigenvalue weighted by molar-refractivity contribution is -0.143. The Kier molecular flexibility index (Phi) is 11.9. The molecule has 52 heavy (non-hydrogen) atoms. The number of hydrogen-bond donors (Lipinski definition) is 4. The van der Waals surface area contributed by atoms with Crippen LogP contribution in [0.25, 0.3) is 0 Å². The van der Waals surface area contributed by atoms with E-state index in [-0.39, 0.29) is 43.8 Å². The van der Waals surface area contributed by atoms with Gasteiger partial charge in [0.2, 0.25) is 17.7 Å². The lowest BCUT2D eigenvalue weighted by Gasteiger charge is -2.30. The number of thiazole rings is 1. The number of aromatic nitrogens is 1. The van der Waals surface area contributed by atoms with Crippen molar-refractivity contribution in [2.24, 2.45) is 5.92 Å². The monoisotopic (exact) mass is 730 g/mol. The molecule has 2 aliphatic heterocycles. The number of carbonyl (C=O) groups is 5. The minimum Gasteiger partial charge on any atom is -0.484 e. The molecule has 2 fully saturated rings. The third-order valence-electron chi connectivity index (χ3n) is 9.65. The Labute approximate surface area is 307 Å². The molecule has 1 saturated carbocycles. The molecule has 2 aromatic carbocycles. The zero-order valence-electron chi connectivity index (χ0n) is 29.5. The second-order valence-electron chi connectivity index (χ2n) is 13.9. The number of amides is 5. The molecule has 6 rings (SSSR count). The van der Waals surface area contributed by atoms with Gasteiger partial charge in [-0.3, -0.25) is 24.0 Å². The summed E-state index contributed by atoms with van der Waals surface area (Å²) in [6, 6.07) is 13.6. The SMILES string of the molecule is CCCc1nc(C(=O)N2C[C@@H]3NC(=O)[C@H](Cc4ccccc4)NC(=O)CN(CC4CC4)C(=O)[C@H]([C@@H](C)O)NC(=O)COc4cccc(c4)[C@H]3C2)cs1. The van der Waals surface area contributed by atoms with Crippen LogP contribution < -0.4 is 20.7 Å². The number of ether oxygens (including phenoxy) is 1. The first-order chi connectivity index (χ1) is 25.1.